The summed E-state index contributed by atoms with van der Waals surface area (Å²) in [6, 6.07) is 9.87. The predicted molar refractivity (Wildman–Crippen MR) is 128 cm³/mol. The second-order valence-corrected chi connectivity index (χ2v) is 8.87. The molecule has 4 aromatic rings. The van der Waals surface area contributed by atoms with E-state index in [9.17, 15) is 4.79 Å². The number of pyridine rings is 2. The molecule has 0 aliphatic heterocycles. The quantitative estimate of drug-likeness (QED) is 0.430. The fourth-order valence-corrected chi connectivity index (χ4v) is 4.56. The van der Waals surface area contributed by atoms with Crippen LogP contribution in [0.2, 0.25) is 0 Å². The van der Waals surface area contributed by atoms with E-state index < -0.39 is 0 Å². The molecule has 0 spiro atoms. The van der Waals surface area contributed by atoms with E-state index >= 15 is 0 Å². The highest BCUT2D eigenvalue weighted by Gasteiger charge is 2.13. The van der Waals surface area contributed by atoms with E-state index in [0.29, 0.717) is 12.1 Å². The average Bonchev–Trinajstić information content (AvgIpc) is 3.53. The van der Waals surface area contributed by atoms with Crippen LogP contribution in [0.3, 0.4) is 0 Å². The standard InChI is InChI=1S/C26H30N6O/c33-26(22-12-24(17-28-15-22)31-10-4-5-11-31)29-16-23-19-32-18-21(8-9-25(32)30-23)14-27-13-20-6-2-1-3-7-20/h4-5,8-12,15,17-20,27H,1-3,6-7,13-14,16H2,(H,29,33). The minimum Gasteiger partial charge on any atom is -0.346 e. The lowest BCUT2D eigenvalue weighted by Gasteiger charge is -2.21. The first kappa shape index (κ1) is 21.4. The van der Waals surface area contributed by atoms with Gasteiger partial charge in [0.25, 0.3) is 5.91 Å². The topological polar surface area (TPSA) is 76.2 Å². The van der Waals surface area contributed by atoms with Crippen molar-refractivity contribution in [2.75, 3.05) is 6.54 Å². The Hall–Kier alpha value is -3.45. The molecular formula is C26H30N6O. The maximum atomic E-state index is 12.7. The molecule has 170 valence electrons. The fourth-order valence-electron chi connectivity index (χ4n) is 4.56. The summed E-state index contributed by atoms with van der Waals surface area (Å²) in [5, 5.41) is 6.57. The molecule has 1 aliphatic rings. The van der Waals surface area contributed by atoms with E-state index in [0.717, 1.165) is 36.0 Å². The lowest BCUT2D eigenvalue weighted by atomic mass is 9.89. The first-order chi connectivity index (χ1) is 16.2. The number of nitrogens with zero attached hydrogens (tertiary/aromatic N) is 4. The maximum Gasteiger partial charge on any atom is 0.253 e. The van der Waals surface area contributed by atoms with Crippen molar-refractivity contribution in [3.8, 4) is 5.69 Å². The summed E-state index contributed by atoms with van der Waals surface area (Å²) in [5.74, 6) is 0.659. The molecule has 1 amide bonds. The van der Waals surface area contributed by atoms with Crippen molar-refractivity contribution in [3.63, 3.8) is 0 Å². The maximum absolute atomic E-state index is 12.7. The fraction of sp³-hybridized carbons (Fsp3) is 0.346. The molecule has 5 rings (SSSR count). The Morgan fingerprint density at radius 2 is 1.88 bits per heavy atom. The lowest BCUT2D eigenvalue weighted by Crippen LogP contribution is -2.24. The van der Waals surface area contributed by atoms with E-state index in [2.05, 4.69) is 32.9 Å². The zero-order valence-corrected chi connectivity index (χ0v) is 18.8. The smallest absolute Gasteiger partial charge is 0.253 e. The number of carbonyl (C=O) groups excluding carboxylic acids is 1. The van der Waals surface area contributed by atoms with Gasteiger partial charge in [0.05, 0.1) is 29.7 Å². The summed E-state index contributed by atoms with van der Waals surface area (Å²) in [7, 11) is 0. The van der Waals surface area contributed by atoms with Crippen LogP contribution in [0, 0.1) is 5.92 Å². The van der Waals surface area contributed by atoms with E-state index in [-0.39, 0.29) is 5.91 Å². The molecule has 4 heterocycles. The SMILES string of the molecule is O=C(NCc1cn2cc(CNCC3CCCCC3)ccc2n1)c1cncc(-n2cccc2)c1. The Morgan fingerprint density at radius 3 is 2.73 bits per heavy atom. The first-order valence-electron chi connectivity index (χ1n) is 11.8. The Balaban J connectivity index is 1.17. The molecular weight excluding hydrogens is 412 g/mol. The minimum absolute atomic E-state index is 0.166. The Bertz CT molecular complexity index is 1210. The van der Waals surface area contributed by atoms with Crippen LogP contribution in [0.1, 0.15) is 53.7 Å². The third kappa shape index (κ3) is 5.31. The van der Waals surface area contributed by atoms with Crippen molar-refractivity contribution >= 4 is 11.6 Å². The van der Waals surface area contributed by atoms with Gasteiger partial charge in [-0.25, -0.2) is 4.98 Å². The van der Waals surface area contributed by atoms with Crippen molar-refractivity contribution < 1.29 is 4.79 Å². The van der Waals surface area contributed by atoms with Gasteiger partial charge in [-0.3, -0.25) is 9.78 Å². The summed E-state index contributed by atoms with van der Waals surface area (Å²) in [6.07, 6.45) is 18.1. The molecule has 7 heteroatoms. The van der Waals surface area contributed by atoms with Gasteiger partial charge in [-0.2, -0.15) is 0 Å². The molecule has 0 radical (unpaired) electrons. The van der Waals surface area contributed by atoms with Gasteiger partial charge in [0.2, 0.25) is 0 Å². The van der Waals surface area contributed by atoms with Crippen molar-refractivity contribution in [1.82, 2.24) is 29.6 Å². The predicted octanol–water partition coefficient (Wildman–Crippen LogP) is 4.12. The van der Waals surface area contributed by atoms with Gasteiger partial charge in [-0.1, -0.05) is 25.3 Å². The zero-order chi connectivity index (χ0) is 22.5. The second kappa shape index (κ2) is 10.0. The minimum atomic E-state index is -0.166. The largest absolute Gasteiger partial charge is 0.346 e. The van der Waals surface area contributed by atoms with E-state index in [1.807, 2.05) is 51.8 Å². The molecule has 33 heavy (non-hydrogen) atoms. The van der Waals surface area contributed by atoms with E-state index in [1.54, 1.807) is 12.4 Å². The molecule has 0 unspecified atom stereocenters. The van der Waals surface area contributed by atoms with Crippen molar-refractivity contribution in [1.29, 1.82) is 0 Å². The van der Waals surface area contributed by atoms with Crippen molar-refractivity contribution in [2.24, 2.45) is 5.92 Å². The highest BCUT2D eigenvalue weighted by Crippen LogP contribution is 2.22. The van der Waals surface area contributed by atoms with Gasteiger partial charge in [0.15, 0.2) is 0 Å². The third-order valence-corrected chi connectivity index (χ3v) is 6.37. The number of aromatic nitrogens is 4. The molecule has 7 nitrogen and oxygen atoms in total. The Kier molecular flexibility index (Phi) is 6.48. The van der Waals surface area contributed by atoms with Crippen LogP contribution >= 0.6 is 0 Å². The van der Waals surface area contributed by atoms with Gasteiger partial charge in [-0.05, 0) is 55.1 Å². The third-order valence-electron chi connectivity index (χ3n) is 6.37. The second-order valence-electron chi connectivity index (χ2n) is 8.87. The normalized spacial score (nSPS) is 14.5. The van der Waals surface area contributed by atoms with Gasteiger partial charge >= 0.3 is 0 Å². The van der Waals surface area contributed by atoms with Crippen LogP contribution in [-0.2, 0) is 13.1 Å². The summed E-state index contributed by atoms with van der Waals surface area (Å²) in [5.41, 5.74) is 4.32. The average molecular weight is 443 g/mol. The number of hydrogen-bond donors (Lipinski definition) is 2. The first-order valence-corrected chi connectivity index (χ1v) is 11.8. The molecule has 0 bridgehead atoms. The van der Waals surface area contributed by atoms with E-state index in [1.165, 1.54) is 37.7 Å². The summed E-state index contributed by atoms with van der Waals surface area (Å²) in [4.78, 5) is 21.5. The summed E-state index contributed by atoms with van der Waals surface area (Å²) in [6.45, 7) is 2.32. The van der Waals surface area contributed by atoms with Gasteiger partial charge in [0, 0.05) is 37.5 Å². The number of nitrogens with one attached hydrogen (secondary N) is 2. The Labute approximate surface area is 193 Å². The van der Waals surface area contributed by atoms with Crippen LogP contribution in [0.4, 0.5) is 0 Å². The van der Waals surface area contributed by atoms with E-state index in [4.69, 9.17) is 0 Å². The van der Waals surface area contributed by atoms with Gasteiger partial charge in [0.1, 0.15) is 5.65 Å². The van der Waals surface area contributed by atoms with Crippen LogP contribution in [0.5, 0.6) is 0 Å². The number of rotatable bonds is 8. The number of fused-ring (bicyclic) bond motifs is 1. The summed E-state index contributed by atoms with van der Waals surface area (Å²) >= 11 is 0. The Morgan fingerprint density at radius 1 is 1.03 bits per heavy atom. The number of carbonyl (C=O) groups is 1. The van der Waals surface area contributed by atoms with Gasteiger partial charge in [-0.15, -0.1) is 0 Å². The zero-order valence-electron chi connectivity index (χ0n) is 18.8. The lowest BCUT2D eigenvalue weighted by molar-refractivity contribution is 0.0950. The monoisotopic (exact) mass is 442 g/mol. The molecule has 2 N–H and O–H groups in total. The van der Waals surface area contributed by atoms with Gasteiger partial charge < -0.3 is 19.6 Å². The molecule has 1 saturated carbocycles. The van der Waals surface area contributed by atoms with Crippen LogP contribution < -0.4 is 10.6 Å². The highest BCUT2D eigenvalue weighted by atomic mass is 16.1. The molecule has 0 atom stereocenters. The molecule has 0 saturated heterocycles. The highest BCUT2D eigenvalue weighted by molar-refractivity contribution is 5.94. The molecule has 4 aromatic heterocycles. The van der Waals surface area contributed by atoms with Crippen LogP contribution in [0.15, 0.2) is 67.5 Å². The number of hydrogen-bond acceptors (Lipinski definition) is 4. The number of amides is 1. The number of imidazole rings is 1. The van der Waals surface area contributed by atoms with Crippen LogP contribution in [-0.4, -0.2) is 31.4 Å². The molecule has 1 aliphatic carbocycles. The summed E-state index contributed by atoms with van der Waals surface area (Å²) < 4.78 is 3.96. The van der Waals surface area contributed by atoms with Crippen molar-refractivity contribution in [2.45, 2.75) is 45.2 Å². The molecule has 0 aromatic carbocycles. The van der Waals surface area contributed by atoms with Crippen molar-refractivity contribution in [3.05, 3.63) is 84.3 Å². The molecule has 1 fully saturated rings. The van der Waals surface area contributed by atoms with Crippen LogP contribution in [0.25, 0.3) is 11.3 Å².